The average molecular weight is 238 g/mol. The molecule has 86 valence electrons. The zero-order valence-corrected chi connectivity index (χ0v) is 9.79. The Hall–Kier alpha value is -1.62. The van der Waals surface area contributed by atoms with E-state index in [4.69, 9.17) is 28.4 Å². The van der Waals surface area contributed by atoms with Gasteiger partial charge in [0.05, 0.1) is 10.6 Å². The zero-order valence-electron chi connectivity index (χ0n) is 8.97. The van der Waals surface area contributed by atoms with Crippen molar-refractivity contribution in [2.75, 3.05) is 0 Å². The number of ether oxygens (including phenoxy) is 1. The molecule has 0 radical (unpaired) electrons. The summed E-state index contributed by atoms with van der Waals surface area (Å²) >= 11 is 4.78. The number of carbonyl (C=O) groups excluding carboxylic acids is 1. The molecule has 1 aromatic carbocycles. The fraction of sp³-hybridized carbons (Fsp3) is 0.273. The molecule has 0 bridgehead atoms. The lowest BCUT2D eigenvalue weighted by molar-refractivity contribution is 0.0994. The minimum atomic E-state index is -0.516. The lowest BCUT2D eigenvalue weighted by Crippen LogP contribution is -2.22. The predicted octanol–water partition coefficient (Wildman–Crippen LogP) is 1.23. The number of amides is 1. The van der Waals surface area contributed by atoms with Gasteiger partial charge in [0.15, 0.2) is 0 Å². The Bertz CT molecular complexity index is 407. The van der Waals surface area contributed by atoms with Gasteiger partial charge in [-0.2, -0.15) is 0 Å². The Balaban J connectivity index is 2.80. The van der Waals surface area contributed by atoms with Crippen molar-refractivity contribution in [2.24, 2.45) is 11.5 Å². The number of primary amides is 1. The molecule has 0 aliphatic rings. The Kier molecular flexibility index (Phi) is 4.25. The molecule has 1 unspecified atom stereocenters. The first-order valence-corrected chi connectivity index (χ1v) is 5.25. The summed E-state index contributed by atoms with van der Waals surface area (Å²) in [4.78, 5) is 11.5. The van der Waals surface area contributed by atoms with E-state index in [9.17, 15) is 4.79 Å². The lowest BCUT2D eigenvalue weighted by Gasteiger charge is -2.15. The Morgan fingerprint density at radius 3 is 2.62 bits per heavy atom. The van der Waals surface area contributed by atoms with Crippen LogP contribution in [0, 0.1) is 0 Å². The second kappa shape index (κ2) is 5.46. The van der Waals surface area contributed by atoms with Gasteiger partial charge in [-0.1, -0.05) is 24.4 Å². The number of hydrogen-bond acceptors (Lipinski definition) is 3. The first-order valence-electron chi connectivity index (χ1n) is 4.84. The smallest absolute Gasteiger partial charge is 0.252 e. The Labute approximate surface area is 99.6 Å². The summed E-state index contributed by atoms with van der Waals surface area (Å²) in [6, 6.07) is 6.81. The summed E-state index contributed by atoms with van der Waals surface area (Å²) in [5.74, 6) is -0.0584. The van der Waals surface area contributed by atoms with Crippen molar-refractivity contribution in [3.63, 3.8) is 0 Å². The maximum Gasteiger partial charge on any atom is 0.252 e. The van der Waals surface area contributed by atoms with Crippen LogP contribution in [0.5, 0.6) is 5.75 Å². The third kappa shape index (κ3) is 3.51. The zero-order chi connectivity index (χ0) is 12.1. The molecule has 0 heterocycles. The Morgan fingerprint density at radius 1 is 1.44 bits per heavy atom. The van der Waals surface area contributed by atoms with Crippen LogP contribution in [0.25, 0.3) is 0 Å². The van der Waals surface area contributed by atoms with Crippen molar-refractivity contribution in [2.45, 2.75) is 19.4 Å². The van der Waals surface area contributed by atoms with Crippen molar-refractivity contribution in [1.82, 2.24) is 0 Å². The second-order valence-electron chi connectivity index (χ2n) is 3.46. The van der Waals surface area contributed by atoms with Crippen LogP contribution in [0.4, 0.5) is 0 Å². The van der Waals surface area contributed by atoms with Crippen LogP contribution < -0.4 is 16.2 Å². The van der Waals surface area contributed by atoms with Crippen molar-refractivity contribution in [3.8, 4) is 5.75 Å². The van der Waals surface area contributed by atoms with Crippen LogP contribution in [0.1, 0.15) is 23.7 Å². The van der Waals surface area contributed by atoms with E-state index in [0.717, 1.165) is 0 Å². The monoisotopic (exact) mass is 238 g/mol. The third-order valence-electron chi connectivity index (χ3n) is 1.97. The topological polar surface area (TPSA) is 78.3 Å². The van der Waals surface area contributed by atoms with Crippen LogP contribution in [-0.2, 0) is 0 Å². The summed E-state index contributed by atoms with van der Waals surface area (Å²) in [5, 5.41) is 0. The maximum absolute atomic E-state index is 11.1. The molecule has 0 saturated carbocycles. The van der Waals surface area contributed by atoms with E-state index in [1.165, 1.54) is 0 Å². The van der Waals surface area contributed by atoms with Gasteiger partial charge >= 0.3 is 0 Å². The standard InChI is InChI=1S/C11H14N2O2S/c1-7(6-10(12)16)15-9-5-3-2-4-8(9)11(13)14/h2-5,7H,6H2,1H3,(H2,12,16)(H2,13,14). The summed E-state index contributed by atoms with van der Waals surface area (Å²) in [5.41, 5.74) is 11.0. The molecule has 0 aliphatic carbocycles. The fourth-order valence-electron chi connectivity index (χ4n) is 1.31. The summed E-state index contributed by atoms with van der Waals surface area (Å²) < 4.78 is 5.55. The van der Waals surface area contributed by atoms with Crippen LogP contribution in [0.2, 0.25) is 0 Å². The largest absolute Gasteiger partial charge is 0.489 e. The van der Waals surface area contributed by atoms with E-state index in [1.54, 1.807) is 24.3 Å². The van der Waals surface area contributed by atoms with Gasteiger partial charge in [0.1, 0.15) is 11.9 Å². The summed E-state index contributed by atoms with van der Waals surface area (Å²) in [6.45, 7) is 1.83. The fourth-order valence-corrected chi connectivity index (χ4v) is 1.55. The van der Waals surface area contributed by atoms with Gasteiger partial charge in [0.25, 0.3) is 5.91 Å². The van der Waals surface area contributed by atoms with Gasteiger partial charge in [0, 0.05) is 6.42 Å². The molecule has 0 aromatic heterocycles. The van der Waals surface area contributed by atoms with Crippen molar-refractivity contribution in [1.29, 1.82) is 0 Å². The van der Waals surface area contributed by atoms with E-state index >= 15 is 0 Å². The highest BCUT2D eigenvalue weighted by atomic mass is 32.1. The molecule has 0 fully saturated rings. The molecule has 16 heavy (non-hydrogen) atoms. The van der Waals surface area contributed by atoms with Crippen molar-refractivity contribution in [3.05, 3.63) is 29.8 Å². The Morgan fingerprint density at radius 2 is 2.06 bits per heavy atom. The maximum atomic E-state index is 11.1. The number of nitrogens with two attached hydrogens (primary N) is 2. The van der Waals surface area contributed by atoms with Gasteiger partial charge in [-0.25, -0.2) is 0 Å². The predicted molar refractivity (Wildman–Crippen MR) is 66.5 cm³/mol. The van der Waals surface area contributed by atoms with Gasteiger partial charge < -0.3 is 16.2 Å². The van der Waals surface area contributed by atoms with E-state index < -0.39 is 5.91 Å². The highest BCUT2D eigenvalue weighted by Crippen LogP contribution is 2.19. The van der Waals surface area contributed by atoms with Gasteiger partial charge in [-0.05, 0) is 19.1 Å². The number of thiocarbonyl (C=S) groups is 1. The molecule has 0 aliphatic heterocycles. The molecule has 0 saturated heterocycles. The van der Waals surface area contributed by atoms with Crippen LogP contribution in [0.15, 0.2) is 24.3 Å². The first-order chi connectivity index (χ1) is 7.50. The van der Waals surface area contributed by atoms with Gasteiger partial charge in [-0.15, -0.1) is 0 Å². The van der Waals surface area contributed by atoms with E-state index in [-0.39, 0.29) is 6.10 Å². The molecule has 1 atom stereocenters. The highest BCUT2D eigenvalue weighted by Gasteiger charge is 2.11. The number of rotatable bonds is 5. The number of benzene rings is 1. The number of carbonyl (C=O) groups is 1. The molecular formula is C11H14N2O2S. The first kappa shape index (κ1) is 12.4. The molecule has 0 spiro atoms. The molecule has 1 aromatic rings. The molecule has 1 rings (SSSR count). The summed E-state index contributed by atoms with van der Waals surface area (Å²) in [7, 11) is 0. The van der Waals surface area contributed by atoms with E-state index in [2.05, 4.69) is 0 Å². The number of para-hydroxylation sites is 1. The van der Waals surface area contributed by atoms with Crippen molar-refractivity contribution >= 4 is 23.1 Å². The van der Waals surface area contributed by atoms with E-state index in [0.29, 0.717) is 22.7 Å². The highest BCUT2D eigenvalue weighted by molar-refractivity contribution is 7.80. The van der Waals surface area contributed by atoms with Gasteiger partial charge in [-0.3, -0.25) is 4.79 Å². The van der Waals surface area contributed by atoms with Crippen molar-refractivity contribution < 1.29 is 9.53 Å². The quantitative estimate of drug-likeness (QED) is 0.756. The van der Waals surface area contributed by atoms with Crippen LogP contribution in [-0.4, -0.2) is 17.0 Å². The molecule has 5 heteroatoms. The third-order valence-corrected chi connectivity index (χ3v) is 2.14. The average Bonchev–Trinajstić information content (AvgIpc) is 2.16. The van der Waals surface area contributed by atoms with Crippen LogP contribution >= 0.6 is 12.2 Å². The molecule has 4 nitrogen and oxygen atoms in total. The second-order valence-corrected chi connectivity index (χ2v) is 3.98. The normalized spacial score (nSPS) is 11.8. The van der Waals surface area contributed by atoms with Crippen LogP contribution in [0.3, 0.4) is 0 Å². The molecular weight excluding hydrogens is 224 g/mol. The molecule has 1 amide bonds. The molecule has 4 N–H and O–H groups in total. The minimum Gasteiger partial charge on any atom is -0.489 e. The summed E-state index contributed by atoms with van der Waals surface area (Å²) in [6.07, 6.45) is 0.278. The minimum absolute atomic E-state index is 0.182. The van der Waals surface area contributed by atoms with E-state index in [1.807, 2.05) is 6.92 Å². The lowest BCUT2D eigenvalue weighted by atomic mass is 10.2. The SMILES string of the molecule is CC(CC(N)=S)Oc1ccccc1C(N)=O. The van der Waals surface area contributed by atoms with Gasteiger partial charge in [0.2, 0.25) is 0 Å². The number of hydrogen-bond donors (Lipinski definition) is 2.